The van der Waals surface area contributed by atoms with Gasteiger partial charge in [-0.1, -0.05) is 0 Å². The van der Waals surface area contributed by atoms with Gasteiger partial charge in [-0.25, -0.2) is 4.18 Å². The van der Waals surface area contributed by atoms with Crippen molar-refractivity contribution in [2.24, 2.45) is 0 Å². The molecule has 0 saturated heterocycles. The fourth-order valence-corrected chi connectivity index (χ4v) is 2.08. The molecule has 7 nitrogen and oxygen atoms in total. The molecule has 4 N–H and O–H groups in total. The number of hydrogen-bond acceptors (Lipinski definition) is 7. The van der Waals surface area contributed by atoms with Crippen LogP contribution in [0.4, 0.5) is 0 Å². The first-order valence-corrected chi connectivity index (χ1v) is 5.41. The van der Waals surface area contributed by atoms with E-state index in [-0.39, 0.29) is 29.6 Å². The normalized spacial score (nSPS) is 12.3. The number of aliphatic hydroxyl groups excluding tert-OH is 3. The third kappa shape index (κ3) is 6.15. The molecule has 0 spiro atoms. The monoisotopic (exact) mass is 253 g/mol. The summed E-state index contributed by atoms with van der Waals surface area (Å²) in [5.41, 5.74) is -1.35. The molecular formula is C6H16NNaO6S. The van der Waals surface area contributed by atoms with Gasteiger partial charge in [0.2, 0.25) is 0 Å². The van der Waals surface area contributed by atoms with Crippen molar-refractivity contribution in [3.8, 4) is 0 Å². The minimum absolute atomic E-state index is 0. The summed E-state index contributed by atoms with van der Waals surface area (Å²) in [7, 11) is -2.55. The molecule has 0 aromatic carbocycles. The molecule has 88 valence electrons. The first kappa shape index (κ1) is 18.1. The Labute approximate surface area is 111 Å². The van der Waals surface area contributed by atoms with Crippen molar-refractivity contribution in [2.75, 3.05) is 32.8 Å². The first-order valence-electron chi connectivity index (χ1n) is 3.84. The summed E-state index contributed by atoms with van der Waals surface area (Å²) in [4.78, 5) is 0. The third-order valence-electron chi connectivity index (χ3n) is 1.82. The molecule has 0 heterocycles. The van der Waals surface area contributed by atoms with Crippen LogP contribution in [0.3, 0.4) is 0 Å². The van der Waals surface area contributed by atoms with Crippen LogP contribution < -0.4 is 5.32 Å². The van der Waals surface area contributed by atoms with Gasteiger partial charge >= 0.3 is 29.6 Å². The van der Waals surface area contributed by atoms with Gasteiger partial charge in [0.15, 0.2) is 6.79 Å². The molecule has 0 unspecified atom stereocenters. The topological polar surface area (TPSA) is 116 Å². The number of nitrogens with one attached hydrogen (secondary N) is 1. The van der Waals surface area contributed by atoms with Crippen LogP contribution in [0.5, 0.6) is 0 Å². The molecule has 9 heteroatoms. The van der Waals surface area contributed by atoms with E-state index in [4.69, 9.17) is 15.3 Å². The Kier molecular flexibility index (Phi) is 9.58. The zero-order valence-electron chi connectivity index (χ0n) is 7.80. The Morgan fingerprint density at radius 3 is 2.00 bits per heavy atom. The summed E-state index contributed by atoms with van der Waals surface area (Å²) in [6.45, 7) is -2.08. The number of aliphatic hydroxyl groups is 3. The van der Waals surface area contributed by atoms with E-state index in [1.807, 2.05) is 0 Å². The van der Waals surface area contributed by atoms with Crippen LogP contribution in [0.25, 0.3) is 0 Å². The van der Waals surface area contributed by atoms with E-state index in [9.17, 15) is 8.42 Å². The summed E-state index contributed by atoms with van der Waals surface area (Å²) in [6.07, 6.45) is 0. The Morgan fingerprint density at radius 1 is 1.27 bits per heavy atom. The Balaban J connectivity index is 0. The van der Waals surface area contributed by atoms with Crippen LogP contribution in [0, 0.1) is 0 Å². The van der Waals surface area contributed by atoms with Crippen molar-refractivity contribution in [1.29, 1.82) is 0 Å². The minimum atomic E-state index is -3.96. The zero-order chi connectivity index (χ0) is 11.2. The second-order valence-electron chi connectivity index (χ2n) is 2.80. The molecule has 0 atom stereocenters. The van der Waals surface area contributed by atoms with E-state index in [2.05, 4.69) is 9.50 Å². The van der Waals surface area contributed by atoms with Crippen LogP contribution in [0.15, 0.2) is 0 Å². The van der Waals surface area contributed by atoms with Crippen molar-refractivity contribution in [3.05, 3.63) is 0 Å². The van der Waals surface area contributed by atoms with Crippen LogP contribution in [-0.2, 0) is 14.3 Å². The zero-order valence-corrected chi connectivity index (χ0v) is 8.62. The Bertz CT molecular complexity index is 244. The predicted octanol–water partition coefficient (Wildman–Crippen LogP) is -3.42. The number of rotatable bonds is 7. The molecule has 0 radical (unpaired) electrons. The van der Waals surface area contributed by atoms with Crippen molar-refractivity contribution in [2.45, 2.75) is 5.54 Å². The van der Waals surface area contributed by atoms with Crippen LogP contribution >= 0.6 is 0 Å². The van der Waals surface area contributed by atoms with E-state index in [0.29, 0.717) is 0 Å². The van der Waals surface area contributed by atoms with Crippen LogP contribution in [-0.4, -0.2) is 91.6 Å². The summed E-state index contributed by atoms with van der Waals surface area (Å²) in [5.74, 6) is -0.621. The molecule has 0 aliphatic heterocycles. The maximum atomic E-state index is 11.1. The molecule has 0 bridgehead atoms. The number of likely N-dealkylation sites (N-methyl/N-ethyl adjacent to an activating group) is 1. The third-order valence-corrected chi connectivity index (χ3v) is 3.19. The van der Waals surface area contributed by atoms with E-state index < -0.39 is 41.4 Å². The van der Waals surface area contributed by atoms with E-state index in [1.165, 1.54) is 7.05 Å². The van der Waals surface area contributed by atoms with Gasteiger partial charge in [-0.15, -0.1) is 0 Å². The second kappa shape index (κ2) is 7.93. The van der Waals surface area contributed by atoms with Gasteiger partial charge in [-0.3, -0.25) is 0 Å². The molecule has 0 fully saturated rings. The van der Waals surface area contributed by atoms with Crippen molar-refractivity contribution in [1.82, 2.24) is 5.32 Å². The van der Waals surface area contributed by atoms with Crippen LogP contribution in [0.1, 0.15) is 0 Å². The van der Waals surface area contributed by atoms with Gasteiger partial charge in [0.1, 0.15) is 0 Å². The SMILES string of the molecule is CNC(CO)(CO)CS(=O)(=O)OCO.[NaH]. The summed E-state index contributed by atoms with van der Waals surface area (Å²) in [6, 6.07) is 0. The van der Waals surface area contributed by atoms with Crippen molar-refractivity contribution >= 4 is 39.7 Å². The van der Waals surface area contributed by atoms with Crippen molar-refractivity contribution < 1.29 is 27.9 Å². The standard InChI is InChI=1S/C6H15NO6S.Na.H/c1-7-6(2-8,3-9)4-14(11,12)13-5-10;;/h7-10H,2-5H2,1H3;;. The van der Waals surface area contributed by atoms with E-state index in [1.54, 1.807) is 0 Å². The van der Waals surface area contributed by atoms with Gasteiger partial charge < -0.3 is 20.6 Å². The van der Waals surface area contributed by atoms with E-state index in [0.717, 1.165) is 0 Å². The Morgan fingerprint density at radius 2 is 1.73 bits per heavy atom. The average molecular weight is 253 g/mol. The van der Waals surface area contributed by atoms with E-state index >= 15 is 0 Å². The van der Waals surface area contributed by atoms with Gasteiger partial charge in [-0.2, -0.15) is 8.42 Å². The quantitative estimate of drug-likeness (QED) is 0.212. The number of hydrogen-bond donors (Lipinski definition) is 4. The molecule has 15 heavy (non-hydrogen) atoms. The van der Waals surface area contributed by atoms with Gasteiger partial charge in [0, 0.05) is 0 Å². The first-order chi connectivity index (χ1) is 6.45. The molecule has 0 saturated carbocycles. The summed E-state index contributed by atoms with van der Waals surface area (Å²) < 4.78 is 26.2. The molecule has 0 aromatic heterocycles. The van der Waals surface area contributed by atoms with Crippen molar-refractivity contribution in [3.63, 3.8) is 0 Å². The summed E-state index contributed by atoms with van der Waals surface area (Å²) >= 11 is 0. The fraction of sp³-hybridized carbons (Fsp3) is 1.00. The molecule has 0 aromatic rings. The average Bonchev–Trinajstić information content (AvgIpc) is 2.14. The summed E-state index contributed by atoms with van der Waals surface area (Å²) in [5, 5.41) is 28.6. The van der Waals surface area contributed by atoms with Gasteiger partial charge in [0.05, 0.1) is 24.5 Å². The maximum absolute atomic E-state index is 11.1. The molecule has 0 aliphatic carbocycles. The predicted molar refractivity (Wildman–Crippen MR) is 55.1 cm³/mol. The molecular weight excluding hydrogens is 237 g/mol. The van der Waals surface area contributed by atoms with Gasteiger partial charge in [0.25, 0.3) is 10.1 Å². The molecule has 0 aliphatic rings. The molecule has 0 rings (SSSR count). The Hall–Kier alpha value is 0.750. The van der Waals surface area contributed by atoms with Gasteiger partial charge in [-0.05, 0) is 7.05 Å². The fourth-order valence-electron chi connectivity index (χ4n) is 0.832. The second-order valence-corrected chi connectivity index (χ2v) is 4.44. The molecule has 0 amide bonds. The van der Waals surface area contributed by atoms with Crippen LogP contribution in [0.2, 0.25) is 0 Å².